The molecule has 4 heteroatoms. The second kappa shape index (κ2) is 2.23. The Balaban J connectivity index is 2.44. The Labute approximate surface area is 68.4 Å². The first-order valence-corrected chi connectivity index (χ1v) is 4.30. The summed E-state index contributed by atoms with van der Waals surface area (Å²) in [6, 6.07) is 1.93. The Morgan fingerprint density at radius 3 is 3.18 bits per heavy atom. The molecule has 1 aliphatic rings. The molecule has 0 saturated heterocycles. The van der Waals surface area contributed by atoms with Crippen LogP contribution in [0, 0.1) is 0 Å². The van der Waals surface area contributed by atoms with E-state index in [1.807, 2.05) is 18.4 Å². The molecule has 0 aromatic carbocycles. The van der Waals surface area contributed by atoms with Crippen molar-refractivity contribution >= 4 is 22.9 Å². The van der Waals surface area contributed by atoms with Gasteiger partial charge < -0.3 is 10.6 Å². The third-order valence-corrected chi connectivity index (χ3v) is 2.50. The van der Waals surface area contributed by atoms with Gasteiger partial charge in [0.2, 0.25) is 0 Å². The zero-order valence-electron chi connectivity index (χ0n) is 6.05. The molecule has 0 aliphatic carbocycles. The molecule has 1 unspecified atom stereocenters. The molecule has 1 atom stereocenters. The number of anilines is 1. The summed E-state index contributed by atoms with van der Waals surface area (Å²) in [5.74, 6) is 0.0289. The van der Waals surface area contributed by atoms with Gasteiger partial charge in [-0.3, -0.25) is 4.79 Å². The lowest BCUT2D eigenvalue weighted by molar-refractivity contribution is 0.0943. The number of hydrogen-bond donors (Lipinski definition) is 2. The highest BCUT2D eigenvalue weighted by Crippen LogP contribution is 2.25. The van der Waals surface area contributed by atoms with E-state index in [-0.39, 0.29) is 12.1 Å². The molecule has 2 N–H and O–H groups in total. The van der Waals surface area contributed by atoms with Crippen LogP contribution >= 0.6 is 11.3 Å². The van der Waals surface area contributed by atoms with E-state index >= 15 is 0 Å². The van der Waals surface area contributed by atoms with Gasteiger partial charge in [0.1, 0.15) is 4.88 Å². The van der Waals surface area contributed by atoms with Crippen LogP contribution in [0.1, 0.15) is 16.6 Å². The van der Waals surface area contributed by atoms with E-state index in [0.717, 1.165) is 10.6 Å². The average Bonchev–Trinajstić information content (AvgIpc) is 2.34. The van der Waals surface area contributed by atoms with E-state index in [9.17, 15) is 4.79 Å². The summed E-state index contributed by atoms with van der Waals surface area (Å²) in [6.07, 6.45) is 0.0459. The maximum absolute atomic E-state index is 11.2. The normalized spacial score (nSPS) is 21.9. The summed E-state index contributed by atoms with van der Waals surface area (Å²) in [5, 5.41) is 7.84. The van der Waals surface area contributed by atoms with Gasteiger partial charge in [-0.15, -0.1) is 11.3 Å². The predicted octanol–water partition coefficient (Wildman–Crippen LogP) is 1.25. The summed E-state index contributed by atoms with van der Waals surface area (Å²) in [6.45, 7) is 1.92. The lowest BCUT2D eigenvalue weighted by Gasteiger charge is -2.21. The molecule has 3 nitrogen and oxygen atoms in total. The molecule has 2 heterocycles. The van der Waals surface area contributed by atoms with Crippen molar-refractivity contribution < 1.29 is 4.79 Å². The van der Waals surface area contributed by atoms with Crippen molar-refractivity contribution in [2.45, 2.75) is 13.1 Å². The highest BCUT2D eigenvalue weighted by atomic mass is 32.1. The van der Waals surface area contributed by atoms with Gasteiger partial charge in [0.05, 0.1) is 11.9 Å². The molecule has 0 saturated carbocycles. The van der Waals surface area contributed by atoms with Crippen LogP contribution in [-0.2, 0) is 0 Å². The number of fused-ring (bicyclic) bond motifs is 1. The van der Waals surface area contributed by atoms with Gasteiger partial charge in [-0.25, -0.2) is 0 Å². The average molecular weight is 168 g/mol. The fraction of sp³-hybridized carbons (Fsp3) is 0.286. The number of rotatable bonds is 0. The van der Waals surface area contributed by atoms with Crippen molar-refractivity contribution in [1.29, 1.82) is 0 Å². The number of thiophene rings is 1. The topological polar surface area (TPSA) is 41.1 Å². The largest absolute Gasteiger partial charge is 0.364 e. The second-order valence-electron chi connectivity index (χ2n) is 2.50. The van der Waals surface area contributed by atoms with Gasteiger partial charge in [-0.2, -0.15) is 0 Å². The maximum atomic E-state index is 11.2. The summed E-state index contributed by atoms with van der Waals surface area (Å²) >= 11 is 1.46. The third kappa shape index (κ3) is 0.991. The molecular formula is C7H8N2OS. The van der Waals surface area contributed by atoms with Crippen LogP contribution in [0.2, 0.25) is 0 Å². The van der Waals surface area contributed by atoms with Crippen LogP contribution in [0.5, 0.6) is 0 Å². The molecular weight excluding hydrogens is 160 g/mol. The summed E-state index contributed by atoms with van der Waals surface area (Å²) in [7, 11) is 0. The minimum absolute atomic E-state index is 0.0289. The number of hydrogen-bond acceptors (Lipinski definition) is 3. The highest BCUT2D eigenvalue weighted by Gasteiger charge is 2.20. The maximum Gasteiger partial charge on any atom is 0.265 e. The molecule has 0 spiro atoms. The standard InChI is InChI=1S/C7H8N2OS/c1-4-8-5-2-3-11-6(5)7(10)9-4/h2-4,8H,1H3,(H,9,10). The predicted molar refractivity (Wildman–Crippen MR) is 44.9 cm³/mol. The molecule has 2 rings (SSSR count). The van der Waals surface area contributed by atoms with Crippen LogP contribution < -0.4 is 10.6 Å². The molecule has 1 aromatic rings. The SMILES string of the molecule is CC1NC(=O)c2sccc2N1. The van der Waals surface area contributed by atoms with E-state index < -0.39 is 0 Å². The van der Waals surface area contributed by atoms with Crippen LogP contribution in [0.25, 0.3) is 0 Å². The lowest BCUT2D eigenvalue weighted by Crippen LogP contribution is -2.41. The highest BCUT2D eigenvalue weighted by molar-refractivity contribution is 7.12. The van der Waals surface area contributed by atoms with E-state index in [2.05, 4.69) is 10.6 Å². The van der Waals surface area contributed by atoms with Crippen LogP contribution in [-0.4, -0.2) is 12.1 Å². The molecule has 1 aliphatic heterocycles. The molecule has 11 heavy (non-hydrogen) atoms. The Morgan fingerprint density at radius 2 is 2.36 bits per heavy atom. The van der Waals surface area contributed by atoms with Gasteiger partial charge in [0, 0.05) is 0 Å². The van der Waals surface area contributed by atoms with Gasteiger partial charge in [-0.1, -0.05) is 0 Å². The molecule has 0 bridgehead atoms. The lowest BCUT2D eigenvalue weighted by atomic mass is 10.3. The van der Waals surface area contributed by atoms with E-state index in [1.165, 1.54) is 11.3 Å². The van der Waals surface area contributed by atoms with Crippen LogP contribution in [0.4, 0.5) is 5.69 Å². The first kappa shape index (κ1) is 6.67. The Kier molecular flexibility index (Phi) is 1.35. The molecule has 0 radical (unpaired) electrons. The van der Waals surface area contributed by atoms with E-state index in [0.29, 0.717) is 0 Å². The molecule has 1 aromatic heterocycles. The zero-order chi connectivity index (χ0) is 7.84. The van der Waals surface area contributed by atoms with Crippen molar-refractivity contribution in [3.8, 4) is 0 Å². The molecule has 1 amide bonds. The minimum atomic E-state index is 0.0289. The van der Waals surface area contributed by atoms with E-state index in [1.54, 1.807) is 0 Å². The van der Waals surface area contributed by atoms with Crippen molar-refractivity contribution in [2.24, 2.45) is 0 Å². The number of carbonyl (C=O) groups excluding carboxylic acids is 1. The van der Waals surface area contributed by atoms with Crippen molar-refractivity contribution in [2.75, 3.05) is 5.32 Å². The minimum Gasteiger partial charge on any atom is -0.364 e. The van der Waals surface area contributed by atoms with Gasteiger partial charge >= 0.3 is 0 Å². The second-order valence-corrected chi connectivity index (χ2v) is 3.42. The third-order valence-electron chi connectivity index (χ3n) is 1.59. The Morgan fingerprint density at radius 1 is 1.55 bits per heavy atom. The molecule has 0 fully saturated rings. The summed E-state index contributed by atoms with van der Waals surface area (Å²) < 4.78 is 0. The first-order chi connectivity index (χ1) is 5.27. The fourth-order valence-corrected chi connectivity index (χ4v) is 1.89. The Bertz CT molecular complexity index is 294. The van der Waals surface area contributed by atoms with Crippen LogP contribution in [0.3, 0.4) is 0 Å². The summed E-state index contributed by atoms with van der Waals surface area (Å²) in [5.41, 5.74) is 0.950. The van der Waals surface area contributed by atoms with Crippen molar-refractivity contribution in [1.82, 2.24) is 5.32 Å². The van der Waals surface area contributed by atoms with Gasteiger partial charge in [0.15, 0.2) is 0 Å². The monoisotopic (exact) mass is 168 g/mol. The van der Waals surface area contributed by atoms with Crippen LogP contribution in [0.15, 0.2) is 11.4 Å². The molecule has 58 valence electrons. The first-order valence-electron chi connectivity index (χ1n) is 3.42. The van der Waals surface area contributed by atoms with Gasteiger partial charge in [0.25, 0.3) is 5.91 Å². The number of amides is 1. The van der Waals surface area contributed by atoms with Crippen molar-refractivity contribution in [3.63, 3.8) is 0 Å². The quantitative estimate of drug-likeness (QED) is 0.612. The summed E-state index contributed by atoms with van der Waals surface area (Å²) in [4.78, 5) is 12.0. The van der Waals surface area contributed by atoms with E-state index in [4.69, 9.17) is 0 Å². The fourth-order valence-electron chi connectivity index (χ4n) is 1.13. The van der Waals surface area contributed by atoms with Gasteiger partial charge in [-0.05, 0) is 18.4 Å². The smallest absolute Gasteiger partial charge is 0.265 e. The van der Waals surface area contributed by atoms with Crippen molar-refractivity contribution in [3.05, 3.63) is 16.3 Å². The number of nitrogens with one attached hydrogen (secondary N) is 2. The Hall–Kier alpha value is -1.03. The zero-order valence-corrected chi connectivity index (χ0v) is 6.87. The number of carbonyl (C=O) groups is 1.